The van der Waals surface area contributed by atoms with Crippen LogP contribution in [0.25, 0.3) is 0 Å². The fraction of sp³-hybridized carbons (Fsp3) is 0.350. The molecule has 1 aliphatic rings. The van der Waals surface area contributed by atoms with Gasteiger partial charge in [-0.3, -0.25) is 4.79 Å². The lowest BCUT2D eigenvalue weighted by Crippen LogP contribution is -2.30. The third-order valence-corrected chi connectivity index (χ3v) is 4.36. The molecule has 3 rings (SSSR count). The normalized spacial score (nSPS) is 14.0. The average molecular weight is 325 g/mol. The van der Waals surface area contributed by atoms with Crippen LogP contribution in [0.4, 0.5) is 5.69 Å². The van der Waals surface area contributed by atoms with Crippen molar-refractivity contribution in [3.8, 4) is 11.5 Å². The number of hydrogen-bond acceptors (Lipinski definition) is 3. The summed E-state index contributed by atoms with van der Waals surface area (Å²) in [5, 5.41) is 2.89. The largest absolute Gasteiger partial charge is 0.495 e. The molecule has 4 nitrogen and oxygen atoms in total. The molecule has 0 heterocycles. The highest BCUT2D eigenvalue weighted by Crippen LogP contribution is 2.28. The van der Waals surface area contributed by atoms with Crippen molar-refractivity contribution in [1.29, 1.82) is 0 Å². The maximum Gasteiger partial charge on any atom is 0.265 e. The van der Waals surface area contributed by atoms with Crippen LogP contribution in [0, 0.1) is 6.92 Å². The standard InChI is InChI=1S/C20H23NO3/c1-13-7-10-19(23-3)18(11-13)21-20(22)14(2)24-17-9-8-15-5-4-6-16(15)12-17/h7-12,14H,4-6H2,1-3H3,(H,21,22)/t14-/m1/s1. The molecular weight excluding hydrogens is 302 g/mol. The van der Waals surface area contributed by atoms with Gasteiger partial charge in [0.1, 0.15) is 11.5 Å². The number of fused-ring (bicyclic) bond motifs is 1. The fourth-order valence-electron chi connectivity index (χ4n) is 3.03. The molecule has 0 unspecified atom stereocenters. The Balaban J connectivity index is 1.68. The number of benzene rings is 2. The number of anilines is 1. The zero-order chi connectivity index (χ0) is 17.1. The summed E-state index contributed by atoms with van der Waals surface area (Å²) in [6.45, 7) is 3.73. The highest BCUT2D eigenvalue weighted by atomic mass is 16.5. The van der Waals surface area contributed by atoms with Crippen LogP contribution in [0.5, 0.6) is 11.5 Å². The SMILES string of the molecule is COc1ccc(C)cc1NC(=O)[C@@H](C)Oc1ccc2c(c1)CCC2. The van der Waals surface area contributed by atoms with Crippen LogP contribution < -0.4 is 14.8 Å². The van der Waals surface area contributed by atoms with E-state index >= 15 is 0 Å². The van der Waals surface area contributed by atoms with E-state index in [-0.39, 0.29) is 5.91 Å². The molecule has 2 aromatic rings. The lowest BCUT2D eigenvalue weighted by molar-refractivity contribution is -0.122. The molecular formula is C20H23NO3. The molecule has 0 radical (unpaired) electrons. The molecule has 1 aliphatic carbocycles. The minimum absolute atomic E-state index is 0.195. The van der Waals surface area contributed by atoms with Gasteiger partial charge in [0.25, 0.3) is 5.91 Å². The molecule has 1 amide bonds. The highest BCUT2D eigenvalue weighted by molar-refractivity contribution is 5.95. The number of amides is 1. The maximum atomic E-state index is 12.4. The number of nitrogens with one attached hydrogen (secondary N) is 1. The summed E-state index contributed by atoms with van der Waals surface area (Å²) in [6.07, 6.45) is 2.84. The van der Waals surface area contributed by atoms with E-state index in [1.165, 1.54) is 17.5 Å². The Labute approximate surface area is 142 Å². The Morgan fingerprint density at radius 2 is 1.92 bits per heavy atom. The van der Waals surface area contributed by atoms with E-state index in [1.807, 2.05) is 31.2 Å². The molecule has 0 aromatic heterocycles. The van der Waals surface area contributed by atoms with Gasteiger partial charge >= 0.3 is 0 Å². The Kier molecular flexibility index (Phi) is 4.74. The van der Waals surface area contributed by atoms with Crippen LogP contribution in [0.3, 0.4) is 0 Å². The first-order valence-corrected chi connectivity index (χ1v) is 8.31. The van der Waals surface area contributed by atoms with E-state index < -0.39 is 6.10 Å². The summed E-state index contributed by atoms with van der Waals surface area (Å²) in [4.78, 5) is 12.4. The molecule has 4 heteroatoms. The molecule has 0 saturated carbocycles. The van der Waals surface area contributed by atoms with Crippen molar-refractivity contribution in [3.63, 3.8) is 0 Å². The van der Waals surface area contributed by atoms with Gasteiger partial charge < -0.3 is 14.8 Å². The topological polar surface area (TPSA) is 47.6 Å². The predicted molar refractivity (Wildman–Crippen MR) is 94.9 cm³/mol. The minimum atomic E-state index is -0.588. The van der Waals surface area contributed by atoms with E-state index in [2.05, 4.69) is 17.4 Å². The second-order valence-corrected chi connectivity index (χ2v) is 6.24. The van der Waals surface area contributed by atoms with Crippen LogP contribution >= 0.6 is 0 Å². The van der Waals surface area contributed by atoms with Gasteiger partial charge in [0.2, 0.25) is 0 Å². The maximum absolute atomic E-state index is 12.4. The molecule has 1 N–H and O–H groups in total. The minimum Gasteiger partial charge on any atom is -0.495 e. The summed E-state index contributed by atoms with van der Waals surface area (Å²) in [5.74, 6) is 1.19. The predicted octanol–water partition coefficient (Wildman–Crippen LogP) is 3.90. The number of carbonyl (C=O) groups is 1. The van der Waals surface area contributed by atoms with Gasteiger partial charge in [0.15, 0.2) is 6.10 Å². The molecule has 0 spiro atoms. The van der Waals surface area contributed by atoms with Gasteiger partial charge in [-0.2, -0.15) is 0 Å². The second kappa shape index (κ2) is 6.95. The fourth-order valence-corrected chi connectivity index (χ4v) is 3.03. The van der Waals surface area contributed by atoms with Crippen molar-refractivity contribution in [1.82, 2.24) is 0 Å². The number of carbonyl (C=O) groups excluding carboxylic acids is 1. The van der Waals surface area contributed by atoms with Gasteiger partial charge in [-0.25, -0.2) is 0 Å². The summed E-state index contributed by atoms with van der Waals surface area (Å²) in [7, 11) is 1.59. The van der Waals surface area contributed by atoms with Crippen LogP contribution in [0.1, 0.15) is 30.0 Å². The van der Waals surface area contributed by atoms with Gasteiger partial charge in [-0.15, -0.1) is 0 Å². The van der Waals surface area contributed by atoms with Gasteiger partial charge in [-0.1, -0.05) is 12.1 Å². The number of aryl methyl sites for hydroxylation is 3. The van der Waals surface area contributed by atoms with Crippen LogP contribution in [-0.2, 0) is 17.6 Å². The van der Waals surface area contributed by atoms with E-state index in [1.54, 1.807) is 14.0 Å². The van der Waals surface area contributed by atoms with Gasteiger partial charge in [-0.05, 0) is 74.1 Å². The summed E-state index contributed by atoms with van der Waals surface area (Å²) < 4.78 is 11.1. The third kappa shape index (κ3) is 3.53. The van der Waals surface area contributed by atoms with E-state index in [0.717, 1.165) is 24.2 Å². The Hall–Kier alpha value is -2.49. The lowest BCUT2D eigenvalue weighted by Gasteiger charge is -2.17. The van der Waals surface area contributed by atoms with Crippen molar-refractivity contribution in [2.45, 2.75) is 39.2 Å². The van der Waals surface area contributed by atoms with E-state index in [9.17, 15) is 4.79 Å². The van der Waals surface area contributed by atoms with Crippen molar-refractivity contribution < 1.29 is 14.3 Å². The number of hydrogen-bond donors (Lipinski definition) is 1. The highest BCUT2D eigenvalue weighted by Gasteiger charge is 2.18. The Morgan fingerprint density at radius 1 is 1.12 bits per heavy atom. The molecule has 2 aromatic carbocycles. The first-order valence-electron chi connectivity index (χ1n) is 8.31. The first-order chi connectivity index (χ1) is 11.6. The van der Waals surface area contributed by atoms with Crippen LogP contribution in [-0.4, -0.2) is 19.1 Å². The molecule has 0 fully saturated rings. The second-order valence-electron chi connectivity index (χ2n) is 6.24. The Bertz CT molecular complexity index is 755. The number of methoxy groups -OCH3 is 1. The summed E-state index contributed by atoms with van der Waals surface area (Å²) in [5.41, 5.74) is 4.44. The lowest BCUT2D eigenvalue weighted by atomic mass is 10.1. The molecule has 24 heavy (non-hydrogen) atoms. The van der Waals surface area contributed by atoms with Crippen molar-refractivity contribution in [2.75, 3.05) is 12.4 Å². The van der Waals surface area contributed by atoms with Crippen molar-refractivity contribution in [3.05, 3.63) is 53.1 Å². The summed E-state index contributed by atoms with van der Waals surface area (Å²) in [6, 6.07) is 11.8. The molecule has 0 bridgehead atoms. The smallest absolute Gasteiger partial charge is 0.265 e. The van der Waals surface area contributed by atoms with Gasteiger partial charge in [0, 0.05) is 0 Å². The van der Waals surface area contributed by atoms with E-state index in [4.69, 9.17) is 9.47 Å². The zero-order valence-corrected chi connectivity index (χ0v) is 14.4. The number of rotatable bonds is 5. The average Bonchev–Trinajstić information content (AvgIpc) is 3.02. The van der Waals surface area contributed by atoms with Gasteiger partial charge in [0.05, 0.1) is 12.8 Å². The monoisotopic (exact) mass is 325 g/mol. The molecule has 0 saturated heterocycles. The first kappa shape index (κ1) is 16.4. The van der Waals surface area contributed by atoms with Crippen LogP contribution in [0.2, 0.25) is 0 Å². The van der Waals surface area contributed by atoms with E-state index in [0.29, 0.717) is 11.4 Å². The molecule has 1 atom stereocenters. The summed E-state index contributed by atoms with van der Waals surface area (Å²) >= 11 is 0. The van der Waals surface area contributed by atoms with Crippen LogP contribution in [0.15, 0.2) is 36.4 Å². The van der Waals surface area contributed by atoms with Crippen molar-refractivity contribution in [2.24, 2.45) is 0 Å². The molecule has 126 valence electrons. The quantitative estimate of drug-likeness (QED) is 0.907. The zero-order valence-electron chi connectivity index (χ0n) is 14.4. The number of ether oxygens (including phenoxy) is 2. The molecule has 0 aliphatic heterocycles. The third-order valence-electron chi connectivity index (χ3n) is 4.36. The van der Waals surface area contributed by atoms with Crippen molar-refractivity contribution >= 4 is 11.6 Å². The Morgan fingerprint density at radius 3 is 2.71 bits per heavy atom.